The first-order valence-corrected chi connectivity index (χ1v) is 27.3. The van der Waals surface area contributed by atoms with Gasteiger partial charge in [0.05, 0.1) is 0 Å². The molecule has 0 aliphatic heterocycles. The molecule has 0 aromatic heterocycles. The fourth-order valence-electron chi connectivity index (χ4n) is 7.02. The Morgan fingerprint density at radius 1 is 0.309 bits per heavy atom. The molecular weight excluding hydrogens is 841 g/mol. The zero-order valence-electron chi connectivity index (χ0n) is 43.6. The largest absolute Gasteiger partial charge is 0.462 e. The Hall–Kier alpha value is -4.45. The zero-order valence-corrected chi connectivity index (χ0v) is 43.6. The van der Waals surface area contributed by atoms with Gasteiger partial charge in [0.1, 0.15) is 13.2 Å². The standard InChI is InChI=1S/C62H98O6/c1-4-7-10-13-16-19-22-25-28-30-31-32-35-37-40-43-46-49-52-55-61(64)67-58-59(57-66-60(63)54-51-48-45-42-39-36-33-27-24-21-18-15-12-9-6-3)68-62(65)56-53-50-47-44-41-38-34-29-26-23-20-17-14-11-8-5-2/h7-12,15-21,24-29,33,36,39,59H,4-6,13-14,22-23,30-32,34-35,37-38,40-58H2,1-3H3/b10-7-,11-8-,12-9-,18-15-,19-16-,20-17-,24-21-,28-25-,29-26-,33-27-,39-36-. The molecule has 68 heavy (non-hydrogen) atoms. The Balaban J connectivity index is 4.49. The monoisotopic (exact) mass is 939 g/mol. The molecule has 6 nitrogen and oxygen atoms in total. The number of unbranched alkanes of at least 4 members (excludes halogenated alkanes) is 18. The number of hydrogen-bond donors (Lipinski definition) is 0. The van der Waals surface area contributed by atoms with Crippen molar-refractivity contribution >= 4 is 17.9 Å². The third-order valence-electron chi connectivity index (χ3n) is 11.0. The van der Waals surface area contributed by atoms with Crippen molar-refractivity contribution in [2.24, 2.45) is 0 Å². The van der Waals surface area contributed by atoms with Gasteiger partial charge in [0, 0.05) is 19.3 Å². The molecular formula is C62H98O6. The third-order valence-corrected chi connectivity index (χ3v) is 11.0. The fourth-order valence-corrected chi connectivity index (χ4v) is 7.02. The molecule has 0 saturated heterocycles. The average Bonchev–Trinajstić information content (AvgIpc) is 3.34. The van der Waals surface area contributed by atoms with Gasteiger partial charge in [0.25, 0.3) is 0 Å². The van der Waals surface area contributed by atoms with Crippen molar-refractivity contribution < 1.29 is 28.6 Å². The minimum atomic E-state index is -0.810. The van der Waals surface area contributed by atoms with Crippen LogP contribution in [0.1, 0.15) is 220 Å². The van der Waals surface area contributed by atoms with Crippen LogP contribution in [0.25, 0.3) is 0 Å². The van der Waals surface area contributed by atoms with Crippen LogP contribution in [0, 0.1) is 0 Å². The summed E-state index contributed by atoms with van der Waals surface area (Å²) in [4.78, 5) is 38.1. The van der Waals surface area contributed by atoms with Crippen LogP contribution in [-0.2, 0) is 28.6 Å². The predicted octanol–water partition coefficient (Wildman–Crippen LogP) is 18.3. The van der Waals surface area contributed by atoms with Gasteiger partial charge < -0.3 is 14.2 Å². The third kappa shape index (κ3) is 52.5. The summed E-state index contributed by atoms with van der Waals surface area (Å²) in [6.07, 6.45) is 77.2. The van der Waals surface area contributed by atoms with Crippen LogP contribution >= 0.6 is 0 Å². The normalized spacial score (nSPS) is 13.2. The second-order valence-electron chi connectivity index (χ2n) is 17.5. The summed E-state index contributed by atoms with van der Waals surface area (Å²) in [5.41, 5.74) is 0. The first-order valence-electron chi connectivity index (χ1n) is 27.3. The molecule has 0 heterocycles. The molecule has 0 spiro atoms. The predicted molar refractivity (Wildman–Crippen MR) is 292 cm³/mol. The van der Waals surface area contributed by atoms with Gasteiger partial charge in [-0.3, -0.25) is 14.4 Å². The molecule has 0 aliphatic carbocycles. The second-order valence-corrected chi connectivity index (χ2v) is 17.5. The summed E-state index contributed by atoms with van der Waals surface area (Å²) in [5.74, 6) is -0.972. The number of allylic oxidation sites excluding steroid dienone is 22. The van der Waals surface area contributed by atoms with Crippen LogP contribution in [0.2, 0.25) is 0 Å². The molecule has 0 amide bonds. The molecule has 6 heteroatoms. The highest BCUT2D eigenvalue weighted by molar-refractivity contribution is 5.71. The molecule has 1 atom stereocenters. The van der Waals surface area contributed by atoms with Crippen LogP contribution in [-0.4, -0.2) is 37.2 Å². The van der Waals surface area contributed by atoms with Gasteiger partial charge in [-0.05, 0) is 103 Å². The lowest BCUT2D eigenvalue weighted by Gasteiger charge is -2.18. The molecule has 0 aromatic carbocycles. The second kappa shape index (κ2) is 55.1. The topological polar surface area (TPSA) is 78.9 Å². The van der Waals surface area contributed by atoms with E-state index in [2.05, 4.69) is 106 Å². The molecule has 0 aliphatic rings. The minimum absolute atomic E-state index is 0.105. The molecule has 0 fully saturated rings. The van der Waals surface area contributed by atoms with E-state index in [0.717, 1.165) is 128 Å². The van der Waals surface area contributed by atoms with Crippen LogP contribution in [0.3, 0.4) is 0 Å². The first-order chi connectivity index (χ1) is 33.5. The van der Waals surface area contributed by atoms with E-state index >= 15 is 0 Å². The van der Waals surface area contributed by atoms with E-state index in [1.807, 2.05) is 48.6 Å². The number of rotatable bonds is 47. The molecule has 382 valence electrons. The van der Waals surface area contributed by atoms with Crippen molar-refractivity contribution in [1.82, 2.24) is 0 Å². The summed E-state index contributed by atoms with van der Waals surface area (Å²) in [6, 6.07) is 0. The van der Waals surface area contributed by atoms with E-state index in [-0.39, 0.29) is 31.1 Å². The van der Waals surface area contributed by atoms with Crippen molar-refractivity contribution in [3.63, 3.8) is 0 Å². The van der Waals surface area contributed by atoms with Crippen molar-refractivity contribution in [2.75, 3.05) is 13.2 Å². The van der Waals surface area contributed by atoms with Crippen molar-refractivity contribution in [1.29, 1.82) is 0 Å². The first kappa shape index (κ1) is 63.5. The van der Waals surface area contributed by atoms with Gasteiger partial charge in [-0.2, -0.15) is 0 Å². The highest BCUT2D eigenvalue weighted by atomic mass is 16.6. The number of carbonyl (C=O) groups is 3. The SMILES string of the molecule is CC\C=C/C=C\C=C/C=C\C=C/CCCCCC(=O)OCC(COC(=O)CCCCCCCCCCC/C=C\C/C=C\C/C=C\CC)OC(=O)CCCCCCCC/C=C\C/C=C\C/C=C\CC. The van der Waals surface area contributed by atoms with Crippen LogP contribution in [0.4, 0.5) is 0 Å². The van der Waals surface area contributed by atoms with Gasteiger partial charge in [-0.1, -0.05) is 231 Å². The highest BCUT2D eigenvalue weighted by Gasteiger charge is 2.19. The number of esters is 3. The van der Waals surface area contributed by atoms with E-state index in [4.69, 9.17) is 14.2 Å². The van der Waals surface area contributed by atoms with Crippen molar-refractivity contribution in [3.8, 4) is 0 Å². The van der Waals surface area contributed by atoms with Gasteiger partial charge in [-0.15, -0.1) is 0 Å². The van der Waals surface area contributed by atoms with Crippen LogP contribution in [0.15, 0.2) is 134 Å². The average molecular weight is 939 g/mol. The van der Waals surface area contributed by atoms with E-state index in [1.165, 1.54) is 51.4 Å². The van der Waals surface area contributed by atoms with Crippen molar-refractivity contribution in [3.05, 3.63) is 134 Å². The smallest absolute Gasteiger partial charge is 0.306 e. The lowest BCUT2D eigenvalue weighted by atomic mass is 10.1. The van der Waals surface area contributed by atoms with Gasteiger partial charge >= 0.3 is 17.9 Å². The van der Waals surface area contributed by atoms with Crippen LogP contribution < -0.4 is 0 Å². The molecule has 0 rings (SSSR count). The summed E-state index contributed by atoms with van der Waals surface area (Å²) in [7, 11) is 0. The number of carbonyl (C=O) groups excluding carboxylic acids is 3. The van der Waals surface area contributed by atoms with E-state index in [9.17, 15) is 14.4 Å². The summed E-state index contributed by atoms with van der Waals surface area (Å²) >= 11 is 0. The minimum Gasteiger partial charge on any atom is -0.462 e. The maximum atomic E-state index is 12.8. The summed E-state index contributed by atoms with van der Waals surface area (Å²) in [6.45, 7) is 6.21. The van der Waals surface area contributed by atoms with E-state index in [1.54, 1.807) is 0 Å². The Labute approximate surface area is 417 Å². The molecule has 0 bridgehead atoms. The fraction of sp³-hybridized carbons (Fsp3) is 0.597. The molecule has 0 radical (unpaired) electrons. The molecule has 0 saturated carbocycles. The Bertz CT molecular complexity index is 1500. The van der Waals surface area contributed by atoms with Gasteiger partial charge in [0.2, 0.25) is 0 Å². The Morgan fingerprint density at radius 2 is 0.603 bits per heavy atom. The Kier molecular flexibility index (Phi) is 51.5. The zero-order chi connectivity index (χ0) is 49.3. The number of ether oxygens (including phenoxy) is 3. The molecule has 1 unspecified atom stereocenters. The van der Waals surface area contributed by atoms with Crippen LogP contribution in [0.5, 0.6) is 0 Å². The quantitative estimate of drug-likeness (QED) is 0.0199. The summed E-state index contributed by atoms with van der Waals surface area (Å²) < 4.78 is 16.8. The van der Waals surface area contributed by atoms with E-state index in [0.29, 0.717) is 19.3 Å². The van der Waals surface area contributed by atoms with Gasteiger partial charge in [0.15, 0.2) is 6.10 Å². The Morgan fingerprint density at radius 3 is 1.01 bits per heavy atom. The highest BCUT2D eigenvalue weighted by Crippen LogP contribution is 2.14. The molecule has 0 aromatic rings. The summed E-state index contributed by atoms with van der Waals surface area (Å²) in [5, 5.41) is 0. The lowest BCUT2D eigenvalue weighted by molar-refractivity contribution is -0.167. The molecule has 0 N–H and O–H groups in total. The van der Waals surface area contributed by atoms with Crippen molar-refractivity contribution in [2.45, 2.75) is 226 Å². The maximum Gasteiger partial charge on any atom is 0.306 e. The number of hydrogen-bond acceptors (Lipinski definition) is 6. The van der Waals surface area contributed by atoms with E-state index < -0.39 is 6.10 Å². The lowest BCUT2D eigenvalue weighted by Crippen LogP contribution is -2.30. The van der Waals surface area contributed by atoms with Gasteiger partial charge in [-0.25, -0.2) is 0 Å². The maximum absolute atomic E-state index is 12.8.